The SMILES string of the molecule is CCOC(=O)CBr.CCOC(=O)CN(CP)CP(=O)(OCC)OCC.CCOP(=O)(CCCP)OCC. The molecule has 0 rings (SSSR count). The minimum absolute atomic E-state index is 0.0709. The molecule has 0 aliphatic carbocycles. The lowest BCUT2D eigenvalue weighted by Crippen LogP contribution is -2.31. The van der Waals surface area contributed by atoms with Crippen LogP contribution in [-0.4, -0.2) is 93.3 Å². The molecule has 0 aromatic carbocycles. The maximum absolute atomic E-state index is 12.3. The number of alkyl halides is 1. The number of carbonyl (C=O) groups excluding carboxylic acids is 2. The van der Waals surface area contributed by atoms with Crippen LogP contribution in [0.2, 0.25) is 0 Å². The summed E-state index contributed by atoms with van der Waals surface area (Å²) in [5.74, 6) is -0.554. The van der Waals surface area contributed by atoms with Crippen LogP contribution in [-0.2, 0) is 46.3 Å². The molecule has 0 heterocycles. The van der Waals surface area contributed by atoms with Crippen LogP contribution in [0.15, 0.2) is 0 Å². The van der Waals surface area contributed by atoms with Crippen LogP contribution in [0.1, 0.15) is 48.0 Å². The van der Waals surface area contributed by atoms with Crippen molar-refractivity contribution in [2.45, 2.75) is 48.0 Å². The Labute approximate surface area is 236 Å². The minimum Gasteiger partial charge on any atom is -0.465 e. The van der Waals surface area contributed by atoms with Crippen molar-refractivity contribution in [2.24, 2.45) is 0 Å². The Kier molecular flexibility index (Phi) is 31.9. The van der Waals surface area contributed by atoms with Crippen molar-refractivity contribution >= 4 is 61.5 Å². The summed E-state index contributed by atoms with van der Waals surface area (Å²) in [6.45, 7) is 13.1. The normalized spacial score (nSPS) is 11.2. The molecule has 16 heteroatoms. The second-order valence-corrected chi connectivity index (χ2v) is 12.4. The molecule has 0 saturated carbocycles. The van der Waals surface area contributed by atoms with Crippen molar-refractivity contribution in [2.75, 3.05) is 76.4 Å². The van der Waals surface area contributed by atoms with Gasteiger partial charge < -0.3 is 27.6 Å². The van der Waals surface area contributed by atoms with Crippen LogP contribution in [0.4, 0.5) is 0 Å². The largest absolute Gasteiger partial charge is 0.465 e. The van der Waals surface area contributed by atoms with Gasteiger partial charge in [-0.3, -0.25) is 23.6 Å². The monoisotopic (exact) mass is 677 g/mol. The molecule has 0 aromatic heterocycles. The summed E-state index contributed by atoms with van der Waals surface area (Å²) in [4.78, 5) is 23.2. The van der Waals surface area contributed by atoms with E-state index in [-0.39, 0.29) is 24.8 Å². The van der Waals surface area contributed by atoms with Gasteiger partial charge in [0.1, 0.15) is 11.6 Å². The van der Waals surface area contributed by atoms with Crippen LogP contribution < -0.4 is 0 Å². The summed E-state index contributed by atoms with van der Waals surface area (Å²) in [6, 6.07) is 0. The van der Waals surface area contributed by atoms with Crippen molar-refractivity contribution in [3.8, 4) is 0 Å². The first-order valence-corrected chi connectivity index (χ1v) is 18.5. The number of rotatable bonds is 19. The first-order chi connectivity index (χ1) is 17.5. The summed E-state index contributed by atoms with van der Waals surface area (Å²) in [7, 11) is -0.833. The lowest BCUT2D eigenvalue weighted by atomic mass is 10.6. The third-order valence-electron chi connectivity index (χ3n) is 3.64. The lowest BCUT2D eigenvalue weighted by Gasteiger charge is -2.24. The third-order valence-corrected chi connectivity index (χ3v) is 9.24. The van der Waals surface area contributed by atoms with E-state index in [0.717, 1.165) is 12.6 Å². The van der Waals surface area contributed by atoms with Crippen molar-refractivity contribution in [1.29, 1.82) is 0 Å². The van der Waals surface area contributed by atoms with E-state index in [1.807, 2.05) is 13.8 Å². The highest BCUT2D eigenvalue weighted by Gasteiger charge is 2.27. The fraction of sp³-hybridized carbons (Fsp3) is 0.905. The Balaban J connectivity index is -0.000000522. The number of carbonyl (C=O) groups is 2. The highest BCUT2D eigenvalue weighted by atomic mass is 79.9. The molecule has 2 unspecified atom stereocenters. The Bertz CT molecular complexity index is 641. The standard InChI is InChI=1S/C10H23NO5P2.C7H18O3P2.C4H7BrO2/c1-4-14-10(12)7-11(8-17)9-18(13,15-5-2)16-6-3;1-3-9-12(8,10-4-2)7-5-6-11;1-2-7-4(6)3-5/h4-9,17H2,1-3H3;3-7,11H2,1-2H3;2-3H2,1H3. The van der Waals surface area contributed by atoms with E-state index in [4.69, 9.17) is 22.8 Å². The van der Waals surface area contributed by atoms with Gasteiger partial charge >= 0.3 is 27.1 Å². The fourth-order valence-electron chi connectivity index (χ4n) is 2.36. The van der Waals surface area contributed by atoms with Crippen molar-refractivity contribution in [1.82, 2.24) is 4.90 Å². The smallest absolute Gasteiger partial charge is 0.344 e. The number of hydrogen-bond acceptors (Lipinski definition) is 11. The van der Waals surface area contributed by atoms with Crippen LogP contribution in [0.3, 0.4) is 0 Å². The van der Waals surface area contributed by atoms with Crippen molar-refractivity contribution in [3.05, 3.63) is 0 Å². The molecular weight excluding hydrogens is 630 g/mol. The first-order valence-electron chi connectivity index (χ1n) is 12.3. The van der Waals surface area contributed by atoms with Gasteiger partial charge in [-0.1, -0.05) is 15.9 Å². The van der Waals surface area contributed by atoms with Crippen LogP contribution in [0.25, 0.3) is 0 Å². The maximum atomic E-state index is 12.3. The molecule has 0 amide bonds. The lowest BCUT2D eigenvalue weighted by molar-refractivity contribution is -0.144. The van der Waals surface area contributed by atoms with E-state index in [9.17, 15) is 18.7 Å². The molecule has 0 aliphatic heterocycles. The fourth-order valence-corrected chi connectivity index (χ4v) is 6.97. The van der Waals surface area contributed by atoms with E-state index in [0.29, 0.717) is 57.4 Å². The van der Waals surface area contributed by atoms with Gasteiger partial charge in [0, 0.05) is 6.29 Å². The maximum Gasteiger partial charge on any atom is 0.344 e. The van der Waals surface area contributed by atoms with Crippen LogP contribution in [0, 0.1) is 0 Å². The third kappa shape index (κ3) is 26.5. The predicted octanol–water partition coefficient (Wildman–Crippen LogP) is 5.37. The Morgan fingerprint density at radius 2 is 1.16 bits per heavy atom. The number of halogens is 1. The number of ether oxygens (including phenoxy) is 2. The second-order valence-electron chi connectivity index (χ2n) is 6.66. The predicted molar refractivity (Wildman–Crippen MR) is 159 cm³/mol. The highest BCUT2D eigenvalue weighted by molar-refractivity contribution is 9.09. The molecule has 0 spiro atoms. The molecule has 0 aromatic rings. The zero-order chi connectivity index (χ0) is 29.2. The summed E-state index contributed by atoms with van der Waals surface area (Å²) in [6.07, 6.45) is 2.89. The quantitative estimate of drug-likeness (QED) is 0.0995. The summed E-state index contributed by atoms with van der Waals surface area (Å²) in [5.41, 5.74) is 0. The minimum atomic E-state index is -3.16. The van der Waals surface area contributed by atoms with Gasteiger partial charge in [0.15, 0.2) is 0 Å². The van der Waals surface area contributed by atoms with E-state index >= 15 is 0 Å². The molecule has 37 heavy (non-hydrogen) atoms. The van der Waals surface area contributed by atoms with E-state index in [1.54, 1.807) is 32.6 Å². The topological polar surface area (TPSA) is 127 Å². The number of esters is 2. The zero-order valence-electron chi connectivity index (χ0n) is 23.1. The first kappa shape index (κ1) is 42.0. The van der Waals surface area contributed by atoms with Crippen molar-refractivity contribution < 1.29 is 46.3 Å². The Hall–Kier alpha value is 0.540. The molecule has 2 atom stereocenters. The van der Waals surface area contributed by atoms with Gasteiger partial charge in [-0.05, 0) is 54.1 Å². The zero-order valence-corrected chi connectivity index (χ0v) is 28.8. The average molecular weight is 678 g/mol. The Morgan fingerprint density at radius 3 is 1.49 bits per heavy atom. The molecule has 11 nitrogen and oxygen atoms in total. The van der Waals surface area contributed by atoms with Crippen LogP contribution in [0.5, 0.6) is 0 Å². The van der Waals surface area contributed by atoms with E-state index in [1.165, 1.54) is 0 Å². The summed E-state index contributed by atoms with van der Waals surface area (Å²) in [5, 5.41) is 0.292. The highest BCUT2D eigenvalue weighted by Crippen LogP contribution is 2.49. The van der Waals surface area contributed by atoms with Gasteiger partial charge in [0.05, 0.1) is 52.3 Å². The van der Waals surface area contributed by atoms with Gasteiger partial charge in [0.2, 0.25) is 0 Å². The molecule has 0 radical (unpaired) electrons. The number of nitrogens with zero attached hydrogens (tertiary/aromatic N) is 1. The van der Waals surface area contributed by atoms with Crippen LogP contribution >= 0.6 is 49.6 Å². The summed E-state index contributed by atoms with van der Waals surface area (Å²) < 4.78 is 53.9. The van der Waals surface area contributed by atoms with E-state index < -0.39 is 15.2 Å². The second kappa shape index (κ2) is 28.1. The van der Waals surface area contributed by atoms with Gasteiger partial charge in [-0.15, -0.1) is 18.5 Å². The molecule has 0 aliphatic rings. The molecule has 0 fully saturated rings. The van der Waals surface area contributed by atoms with Gasteiger partial charge in [-0.2, -0.15) is 0 Å². The molecule has 224 valence electrons. The molecule has 0 saturated heterocycles. The number of hydrogen-bond donors (Lipinski definition) is 0. The summed E-state index contributed by atoms with van der Waals surface area (Å²) >= 11 is 2.94. The molecular formula is C21H48BrNO10P4. The molecule has 0 N–H and O–H groups in total. The van der Waals surface area contributed by atoms with Gasteiger partial charge in [0.25, 0.3) is 0 Å². The Morgan fingerprint density at radius 1 is 0.730 bits per heavy atom. The molecule has 0 bridgehead atoms. The van der Waals surface area contributed by atoms with Gasteiger partial charge in [-0.25, -0.2) is 0 Å². The van der Waals surface area contributed by atoms with Crippen molar-refractivity contribution in [3.63, 3.8) is 0 Å². The van der Waals surface area contributed by atoms with E-state index in [2.05, 4.69) is 39.1 Å². The average Bonchev–Trinajstić information content (AvgIpc) is 2.84.